The Hall–Kier alpha value is -3.36. The standard InChI is InChI=1S/C22H28N6O3/c1-14(2)31-22(30)26(5)16-8-10-27(13-16)19-9-11-28-20(24-19)18(12-23-28)17-7-6-15(3)25(4)21(17)29/h6-7,9,11-12,14,16H,8,10,13H2,1-5H3/t16-/m0/s1. The van der Waals surface area contributed by atoms with Crippen LogP contribution < -0.4 is 10.5 Å². The van der Waals surface area contributed by atoms with Crippen LogP contribution in [0.15, 0.2) is 35.4 Å². The third-order valence-corrected chi connectivity index (χ3v) is 5.86. The van der Waals surface area contributed by atoms with Gasteiger partial charge in [-0.3, -0.25) is 4.79 Å². The molecule has 1 atom stereocenters. The molecule has 0 bridgehead atoms. The molecule has 1 aliphatic heterocycles. The summed E-state index contributed by atoms with van der Waals surface area (Å²) in [6, 6.07) is 5.70. The molecule has 0 unspecified atom stereocenters. The molecule has 0 radical (unpaired) electrons. The fraction of sp³-hybridized carbons (Fsp3) is 0.455. The van der Waals surface area contributed by atoms with E-state index in [1.54, 1.807) is 34.3 Å². The smallest absolute Gasteiger partial charge is 0.410 e. The second-order valence-corrected chi connectivity index (χ2v) is 8.30. The molecule has 0 saturated carbocycles. The lowest BCUT2D eigenvalue weighted by atomic mass is 10.1. The average molecular weight is 425 g/mol. The molecule has 31 heavy (non-hydrogen) atoms. The van der Waals surface area contributed by atoms with Crippen LogP contribution in [0.1, 0.15) is 26.0 Å². The van der Waals surface area contributed by atoms with E-state index in [-0.39, 0.29) is 23.8 Å². The quantitative estimate of drug-likeness (QED) is 0.640. The van der Waals surface area contributed by atoms with Gasteiger partial charge < -0.3 is 19.1 Å². The number of likely N-dealkylation sites (N-methyl/N-ethyl adjacent to an activating group) is 1. The third-order valence-electron chi connectivity index (χ3n) is 5.86. The molecule has 9 heteroatoms. The fourth-order valence-electron chi connectivity index (χ4n) is 3.86. The van der Waals surface area contributed by atoms with Gasteiger partial charge in [0.15, 0.2) is 5.65 Å². The number of fused-ring (bicyclic) bond motifs is 1. The van der Waals surface area contributed by atoms with Crippen LogP contribution in [0.3, 0.4) is 0 Å². The summed E-state index contributed by atoms with van der Waals surface area (Å²) in [4.78, 5) is 33.6. The minimum Gasteiger partial charge on any atom is -0.447 e. The van der Waals surface area contributed by atoms with Crippen molar-refractivity contribution >= 4 is 17.6 Å². The lowest BCUT2D eigenvalue weighted by Crippen LogP contribution is -2.40. The number of carbonyl (C=O) groups is 1. The van der Waals surface area contributed by atoms with E-state index in [9.17, 15) is 9.59 Å². The van der Waals surface area contributed by atoms with Gasteiger partial charge in [0.2, 0.25) is 0 Å². The lowest BCUT2D eigenvalue weighted by molar-refractivity contribution is 0.0748. The van der Waals surface area contributed by atoms with Crippen LogP contribution >= 0.6 is 0 Å². The maximum Gasteiger partial charge on any atom is 0.410 e. The molecule has 1 saturated heterocycles. The molecule has 1 fully saturated rings. The van der Waals surface area contributed by atoms with Gasteiger partial charge in [-0.05, 0) is 45.4 Å². The van der Waals surface area contributed by atoms with E-state index in [4.69, 9.17) is 9.72 Å². The van der Waals surface area contributed by atoms with Crippen LogP contribution in [-0.4, -0.2) is 62.4 Å². The number of aryl methyl sites for hydroxylation is 1. The monoisotopic (exact) mass is 424 g/mol. The SMILES string of the molecule is Cc1ccc(-c2cnn3ccc(N4CC[C@H](N(C)C(=O)OC(C)C)C4)nc23)c(=O)n1C. The van der Waals surface area contributed by atoms with E-state index in [2.05, 4.69) is 10.00 Å². The lowest BCUT2D eigenvalue weighted by Gasteiger charge is -2.25. The highest BCUT2D eigenvalue weighted by atomic mass is 16.6. The number of pyridine rings is 1. The van der Waals surface area contributed by atoms with E-state index in [1.807, 2.05) is 45.2 Å². The Morgan fingerprint density at radius 1 is 1.26 bits per heavy atom. The number of amides is 1. The topological polar surface area (TPSA) is 85.0 Å². The molecule has 0 spiro atoms. The summed E-state index contributed by atoms with van der Waals surface area (Å²) in [5, 5.41) is 4.37. The second kappa shape index (κ2) is 8.05. The van der Waals surface area contributed by atoms with Crippen LogP contribution in [0.5, 0.6) is 0 Å². The Morgan fingerprint density at radius 3 is 2.77 bits per heavy atom. The van der Waals surface area contributed by atoms with Crippen molar-refractivity contribution in [2.45, 2.75) is 39.3 Å². The maximum absolute atomic E-state index is 12.8. The zero-order valence-corrected chi connectivity index (χ0v) is 18.6. The van der Waals surface area contributed by atoms with E-state index in [0.29, 0.717) is 23.3 Å². The number of ether oxygens (including phenoxy) is 1. The summed E-state index contributed by atoms with van der Waals surface area (Å²) in [7, 11) is 3.54. The second-order valence-electron chi connectivity index (χ2n) is 8.30. The number of carbonyl (C=O) groups excluding carboxylic acids is 1. The molecule has 0 N–H and O–H groups in total. The highest BCUT2D eigenvalue weighted by Gasteiger charge is 2.30. The summed E-state index contributed by atoms with van der Waals surface area (Å²) in [6.45, 7) is 7.04. The van der Waals surface area contributed by atoms with Gasteiger partial charge in [0.1, 0.15) is 5.82 Å². The van der Waals surface area contributed by atoms with Crippen LogP contribution in [0.4, 0.5) is 10.6 Å². The molecule has 164 valence electrons. The minimum atomic E-state index is -0.307. The molecular weight excluding hydrogens is 396 g/mol. The molecule has 1 amide bonds. The summed E-state index contributed by atoms with van der Waals surface area (Å²) in [5.74, 6) is 0.798. The Bertz CT molecular complexity index is 1180. The van der Waals surface area contributed by atoms with E-state index < -0.39 is 0 Å². The Kier molecular flexibility index (Phi) is 5.43. The predicted octanol–water partition coefficient (Wildman–Crippen LogP) is 2.46. The van der Waals surface area contributed by atoms with Crippen LogP contribution in [0, 0.1) is 6.92 Å². The average Bonchev–Trinajstić information content (AvgIpc) is 3.38. The largest absolute Gasteiger partial charge is 0.447 e. The first kappa shape index (κ1) is 20.9. The zero-order chi connectivity index (χ0) is 22.3. The van der Waals surface area contributed by atoms with Crippen LogP contribution in [-0.2, 0) is 11.8 Å². The number of hydrogen-bond acceptors (Lipinski definition) is 6. The van der Waals surface area contributed by atoms with Crippen molar-refractivity contribution in [3.05, 3.63) is 46.6 Å². The predicted molar refractivity (Wildman–Crippen MR) is 118 cm³/mol. The molecule has 0 aliphatic carbocycles. The highest BCUT2D eigenvalue weighted by Crippen LogP contribution is 2.25. The Labute approximate surface area is 180 Å². The van der Waals surface area contributed by atoms with Gasteiger partial charge in [-0.25, -0.2) is 14.3 Å². The van der Waals surface area contributed by atoms with E-state index in [0.717, 1.165) is 24.5 Å². The summed E-state index contributed by atoms with van der Waals surface area (Å²) in [6.07, 6.45) is 3.91. The van der Waals surface area contributed by atoms with Crippen molar-refractivity contribution in [3.8, 4) is 11.1 Å². The van der Waals surface area contributed by atoms with E-state index >= 15 is 0 Å². The van der Waals surface area contributed by atoms with Gasteiger partial charge in [-0.1, -0.05) is 0 Å². The Morgan fingerprint density at radius 2 is 2.03 bits per heavy atom. The first-order valence-corrected chi connectivity index (χ1v) is 10.5. The van der Waals surface area contributed by atoms with Crippen LogP contribution in [0.25, 0.3) is 16.8 Å². The van der Waals surface area contributed by atoms with Gasteiger partial charge in [0.05, 0.1) is 29.5 Å². The molecule has 4 heterocycles. The first-order chi connectivity index (χ1) is 14.8. The van der Waals surface area contributed by atoms with Gasteiger partial charge in [-0.2, -0.15) is 5.10 Å². The first-order valence-electron chi connectivity index (χ1n) is 10.5. The van der Waals surface area contributed by atoms with Crippen molar-refractivity contribution in [2.75, 3.05) is 25.0 Å². The van der Waals surface area contributed by atoms with Gasteiger partial charge in [-0.15, -0.1) is 0 Å². The van der Waals surface area contributed by atoms with Crippen molar-refractivity contribution in [1.29, 1.82) is 0 Å². The third kappa shape index (κ3) is 3.87. The number of aromatic nitrogens is 4. The van der Waals surface area contributed by atoms with Gasteiger partial charge in [0.25, 0.3) is 5.56 Å². The van der Waals surface area contributed by atoms with Crippen molar-refractivity contribution in [1.82, 2.24) is 24.1 Å². The van der Waals surface area contributed by atoms with Gasteiger partial charge in [0, 0.05) is 39.1 Å². The molecule has 0 aromatic carbocycles. The number of nitrogens with zero attached hydrogens (tertiary/aromatic N) is 6. The Balaban J connectivity index is 1.61. The van der Waals surface area contributed by atoms with Crippen molar-refractivity contribution in [3.63, 3.8) is 0 Å². The molecule has 4 rings (SSSR count). The normalized spacial score (nSPS) is 16.3. The van der Waals surface area contributed by atoms with Crippen molar-refractivity contribution < 1.29 is 9.53 Å². The number of rotatable bonds is 4. The fourth-order valence-corrected chi connectivity index (χ4v) is 3.86. The minimum absolute atomic E-state index is 0.0538. The number of anilines is 1. The van der Waals surface area contributed by atoms with Crippen molar-refractivity contribution in [2.24, 2.45) is 7.05 Å². The van der Waals surface area contributed by atoms with Gasteiger partial charge >= 0.3 is 6.09 Å². The van der Waals surface area contributed by atoms with E-state index in [1.165, 1.54) is 0 Å². The molecule has 3 aromatic rings. The molecule has 1 aliphatic rings. The highest BCUT2D eigenvalue weighted by molar-refractivity contribution is 5.77. The summed E-state index contributed by atoms with van der Waals surface area (Å²) in [5.41, 5.74) is 2.73. The molecule has 9 nitrogen and oxygen atoms in total. The number of hydrogen-bond donors (Lipinski definition) is 0. The zero-order valence-electron chi connectivity index (χ0n) is 18.6. The summed E-state index contributed by atoms with van der Waals surface area (Å²) < 4.78 is 8.62. The summed E-state index contributed by atoms with van der Waals surface area (Å²) >= 11 is 0. The maximum atomic E-state index is 12.8. The molecule has 3 aromatic heterocycles. The molecular formula is C22H28N6O3. The van der Waals surface area contributed by atoms with Crippen LogP contribution in [0.2, 0.25) is 0 Å².